The molecule has 2 nitrogen and oxygen atoms in total. The highest BCUT2D eigenvalue weighted by molar-refractivity contribution is 6.30. The summed E-state index contributed by atoms with van der Waals surface area (Å²) in [6.45, 7) is 4.22. The summed E-state index contributed by atoms with van der Waals surface area (Å²) in [7, 11) is 0. The highest BCUT2D eigenvalue weighted by atomic mass is 35.5. The van der Waals surface area contributed by atoms with Gasteiger partial charge in [0.25, 0.3) is 0 Å². The van der Waals surface area contributed by atoms with Crippen LogP contribution in [-0.2, 0) is 6.42 Å². The van der Waals surface area contributed by atoms with E-state index in [-0.39, 0.29) is 6.04 Å². The molecular formula is C17H21ClN2. The van der Waals surface area contributed by atoms with Gasteiger partial charge in [-0.25, -0.2) is 5.43 Å². The van der Waals surface area contributed by atoms with Crippen molar-refractivity contribution in [3.63, 3.8) is 0 Å². The van der Waals surface area contributed by atoms with E-state index in [1.54, 1.807) is 0 Å². The van der Waals surface area contributed by atoms with Crippen LogP contribution in [-0.4, -0.2) is 0 Å². The molecule has 2 rings (SSSR count). The first-order chi connectivity index (χ1) is 9.63. The number of rotatable bonds is 5. The fraction of sp³-hybridized carbons (Fsp3) is 0.294. The molecule has 0 aliphatic heterocycles. The van der Waals surface area contributed by atoms with Gasteiger partial charge in [-0.05, 0) is 47.7 Å². The topological polar surface area (TPSA) is 38.0 Å². The summed E-state index contributed by atoms with van der Waals surface area (Å²) >= 11 is 6.15. The van der Waals surface area contributed by atoms with Gasteiger partial charge in [0.15, 0.2) is 0 Å². The first-order valence-corrected chi connectivity index (χ1v) is 7.34. The van der Waals surface area contributed by atoms with E-state index in [1.165, 1.54) is 11.1 Å². The summed E-state index contributed by atoms with van der Waals surface area (Å²) in [5.74, 6) is 5.77. The van der Waals surface area contributed by atoms with Crippen molar-refractivity contribution in [1.82, 2.24) is 5.43 Å². The molecule has 0 aliphatic rings. The zero-order valence-electron chi connectivity index (χ0n) is 12.0. The Balaban J connectivity index is 2.38. The first-order valence-electron chi connectivity index (χ1n) is 6.96. The molecule has 0 bridgehead atoms. The average molecular weight is 289 g/mol. The third-order valence-corrected chi connectivity index (χ3v) is 3.61. The van der Waals surface area contributed by atoms with Crippen LogP contribution >= 0.6 is 11.6 Å². The van der Waals surface area contributed by atoms with Gasteiger partial charge >= 0.3 is 0 Å². The van der Waals surface area contributed by atoms with E-state index in [1.807, 2.05) is 19.1 Å². The van der Waals surface area contributed by atoms with Crippen molar-refractivity contribution >= 4 is 11.6 Å². The van der Waals surface area contributed by atoms with Crippen LogP contribution in [0.1, 0.15) is 41.6 Å². The van der Waals surface area contributed by atoms with Crippen molar-refractivity contribution < 1.29 is 0 Å². The number of aryl methyl sites for hydroxylation is 2. The van der Waals surface area contributed by atoms with Crippen molar-refractivity contribution in [3.8, 4) is 0 Å². The van der Waals surface area contributed by atoms with E-state index < -0.39 is 0 Å². The maximum atomic E-state index is 6.15. The largest absolute Gasteiger partial charge is 0.271 e. The van der Waals surface area contributed by atoms with Gasteiger partial charge in [-0.15, -0.1) is 0 Å². The zero-order chi connectivity index (χ0) is 14.5. The van der Waals surface area contributed by atoms with Crippen LogP contribution in [0.2, 0.25) is 5.02 Å². The summed E-state index contributed by atoms with van der Waals surface area (Å²) in [5.41, 5.74) is 7.63. The van der Waals surface area contributed by atoms with E-state index >= 15 is 0 Å². The fourth-order valence-corrected chi connectivity index (χ4v) is 2.83. The van der Waals surface area contributed by atoms with Gasteiger partial charge in [0.05, 0.1) is 6.04 Å². The van der Waals surface area contributed by atoms with Crippen molar-refractivity contribution in [3.05, 3.63) is 69.7 Å². The maximum Gasteiger partial charge on any atom is 0.0710 e. The van der Waals surface area contributed by atoms with Gasteiger partial charge in [-0.2, -0.15) is 0 Å². The van der Waals surface area contributed by atoms with Crippen LogP contribution < -0.4 is 11.3 Å². The van der Waals surface area contributed by atoms with Crippen molar-refractivity contribution in [1.29, 1.82) is 0 Å². The summed E-state index contributed by atoms with van der Waals surface area (Å²) in [6, 6.07) is 14.5. The van der Waals surface area contributed by atoms with Crippen LogP contribution in [0.25, 0.3) is 0 Å². The van der Waals surface area contributed by atoms with E-state index in [2.05, 4.69) is 42.7 Å². The molecule has 0 heterocycles. The van der Waals surface area contributed by atoms with E-state index in [0.717, 1.165) is 29.0 Å². The Bertz CT molecular complexity index is 561. The van der Waals surface area contributed by atoms with Gasteiger partial charge in [0.1, 0.15) is 0 Å². The molecular weight excluding hydrogens is 268 g/mol. The minimum atomic E-state index is -0.0378. The summed E-state index contributed by atoms with van der Waals surface area (Å²) in [4.78, 5) is 0. The quantitative estimate of drug-likeness (QED) is 0.640. The summed E-state index contributed by atoms with van der Waals surface area (Å²) in [5, 5.41) is 0.741. The second-order valence-corrected chi connectivity index (χ2v) is 5.59. The van der Waals surface area contributed by atoms with Gasteiger partial charge < -0.3 is 0 Å². The Morgan fingerprint density at radius 2 is 1.95 bits per heavy atom. The molecule has 2 aromatic carbocycles. The third kappa shape index (κ3) is 3.60. The smallest absolute Gasteiger partial charge is 0.0710 e. The van der Waals surface area contributed by atoms with Crippen LogP contribution in [0.15, 0.2) is 42.5 Å². The molecule has 106 valence electrons. The first kappa shape index (κ1) is 15.0. The molecule has 0 spiro atoms. The molecule has 3 N–H and O–H groups in total. The maximum absolute atomic E-state index is 6.15. The van der Waals surface area contributed by atoms with E-state index in [0.29, 0.717) is 0 Å². The molecule has 0 radical (unpaired) electrons. The van der Waals surface area contributed by atoms with Gasteiger partial charge in [0.2, 0.25) is 0 Å². The minimum absolute atomic E-state index is 0.0378. The molecule has 0 saturated heterocycles. The minimum Gasteiger partial charge on any atom is -0.271 e. The van der Waals surface area contributed by atoms with Gasteiger partial charge in [-0.1, -0.05) is 55.3 Å². The zero-order valence-corrected chi connectivity index (χ0v) is 12.7. The van der Waals surface area contributed by atoms with Crippen molar-refractivity contribution in [2.24, 2.45) is 5.84 Å². The van der Waals surface area contributed by atoms with Gasteiger partial charge in [-0.3, -0.25) is 5.84 Å². The lowest BCUT2D eigenvalue weighted by molar-refractivity contribution is 0.635. The van der Waals surface area contributed by atoms with Gasteiger partial charge in [0, 0.05) is 5.02 Å². The molecule has 3 heteroatoms. The molecule has 2 aromatic rings. The summed E-state index contributed by atoms with van der Waals surface area (Å²) < 4.78 is 0. The predicted octanol–water partition coefficient (Wildman–Crippen LogP) is 4.15. The Hall–Kier alpha value is -1.35. The Kier molecular flexibility index (Phi) is 5.18. The molecule has 20 heavy (non-hydrogen) atoms. The second-order valence-electron chi connectivity index (χ2n) is 5.16. The lowest BCUT2D eigenvalue weighted by Gasteiger charge is -2.18. The lowest BCUT2D eigenvalue weighted by Crippen LogP contribution is -2.29. The number of nitrogens with two attached hydrogens (primary N) is 1. The highest BCUT2D eigenvalue weighted by Crippen LogP contribution is 2.26. The Labute approximate surface area is 125 Å². The molecule has 0 aliphatic carbocycles. The Morgan fingerprint density at radius 1 is 1.15 bits per heavy atom. The van der Waals surface area contributed by atoms with Crippen LogP contribution in [0, 0.1) is 6.92 Å². The number of benzene rings is 2. The monoisotopic (exact) mass is 288 g/mol. The number of halogens is 1. The summed E-state index contributed by atoms with van der Waals surface area (Å²) in [6.07, 6.45) is 2.22. The van der Waals surface area contributed by atoms with Crippen molar-refractivity contribution in [2.45, 2.75) is 32.7 Å². The van der Waals surface area contributed by atoms with Crippen LogP contribution in [0.4, 0.5) is 0 Å². The molecule has 1 atom stereocenters. The number of hydrazine groups is 1. The Morgan fingerprint density at radius 3 is 2.60 bits per heavy atom. The van der Waals surface area contributed by atoms with Crippen LogP contribution in [0.5, 0.6) is 0 Å². The van der Waals surface area contributed by atoms with E-state index in [4.69, 9.17) is 17.4 Å². The number of hydrogen-bond acceptors (Lipinski definition) is 2. The molecule has 0 aromatic heterocycles. The number of hydrogen-bond donors (Lipinski definition) is 2. The third-order valence-electron chi connectivity index (χ3n) is 3.39. The predicted molar refractivity (Wildman–Crippen MR) is 85.8 cm³/mol. The number of nitrogens with one attached hydrogen (secondary N) is 1. The lowest BCUT2D eigenvalue weighted by atomic mass is 9.95. The average Bonchev–Trinajstić information content (AvgIpc) is 2.39. The van der Waals surface area contributed by atoms with E-state index in [9.17, 15) is 0 Å². The molecule has 1 unspecified atom stereocenters. The highest BCUT2D eigenvalue weighted by Gasteiger charge is 2.13. The molecule has 0 saturated carbocycles. The fourth-order valence-electron chi connectivity index (χ4n) is 2.53. The normalized spacial score (nSPS) is 12.4. The standard InChI is InChI=1S/C17H21ClN2/c1-3-5-13-6-4-7-14(10-13)17(20-19)15-8-12(2)9-16(18)11-15/h4,6-11,17,20H,3,5,19H2,1-2H3. The molecule has 0 fully saturated rings. The van der Waals surface area contributed by atoms with Crippen LogP contribution in [0.3, 0.4) is 0 Å². The molecule has 0 amide bonds. The SMILES string of the molecule is CCCc1cccc(C(NN)c2cc(C)cc(Cl)c2)c1. The second kappa shape index (κ2) is 6.89. The van der Waals surface area contributed by atoms with Crippen molar-refractivity contribution in [2.75, 3.05) is 0 Å².